The highest BCUT2D eigenvalue weighted by molar-refractivity contribution is 5.69. The third-order valence-electron chi connectivity index (χ3n) is 5.76. The molecule has 0 rings (SSSR count). The molecule has 0 aliphatic rings. The van der Waals surface area contributed by atoms with Crippen molar-refractivity contribution in [3.63, 3.8) is 0 Å². The minimum Gasteiger partial charge on any atom is -0.481 e. The van der Waals surface area contributed by atoms with Crippen molar-refractivity contribution >= 4 is 5.97 Å². The van der Waals surface area contributed by atoms with Crippen LogP contribution in [0, 0.1) is 5.92 Å². The number of aliphatic carboxylic acids is 1. The molecule has 0 saturated carbocycles. The highest BCUT2D eigenvalue weighted by atomic mass is 16.5. The predicted octanol–water partition coefficient (Wildman–Crippen LogP) is 8.16. The molecule has 3 nitrogen and oxygen atoms in total. The van der Waals surface area contributed by atoms with Crippen LogP contribution < -0.4 is 0 Å². The molecule has 1 atom stereocenters. The number of rotatable bonds is 23. The summed E-state index contributed by atoms with van der Waals surface area (Å²) in [6.45, 7) is 5.82. The summed E-state index contributed by atoms with van der Waals surface area (Å²) < 4.78 is 5.58. The lowest BCUT2D eigenvalue weighted by atomic mass is 9.97. The van der Waals surface area contributed by atoms with Gasteiger partial charge in [0, 0.05) is 13.2 Å². The fraction of sp³-hybridized carbons (Fsp3) is 0.960. The Labute approximate surface area is 176 Å². The minimum absolute atomic E-state index is 0.219. The van der Waals surface area contributed by atoms with Crippen LogP contribution in [0.2, 0.25) is 0 Å². The zero-order valence-corrected chi connectivity index (χ0v) is 19.2. The number of ether oxygens (including phenoxy) is 1. The van der Waals surface area contributed by atoms with Crippen molar-refractivity contribution in [3.8, 4) is 0 Å². The lowest BCUT2D eigenvalue weighted by Gasteiger charge is -2.12. The number of hydrogen-bond donors (Lipinski definition) is 1. The second-order valence-electron chi connectivity index (χ2n) is 8.53. The number of carboxylic acids is 1. The Balaban J connectivity index is 3.38. The number of carbonyl (C=O) groups is 1. The lowest BCUT2D eigenvalue weighted by Crippen LogP contribution is -2.16. The molecule has 0 saturated heterocycles. The molecule has 0 amide bonds. The van der Waals surface area contributed by atoms with E-state index in [1.165, 1.54) is 96.3 Å². The van der Waals surface area contributed by atoms with Gasteiger partial charge in [0.25, 0.3) is 0 Å². The summed E-state index contributed by atoms with van der Waals surface area (Å²) in [5, 5.41) is 9.36. The molecule has 0 aliphatic heterocycles. The van der Waals surface area contributed by atoms with Crippen LogP contribution in [-0.4, -0.2) is 24.3 Å². The average Bonchev–Trinajstić information content (AvgIpc) is 2.68. The quantitative estimate of drug-likeness (QED) is 0.177. The zero-order chi connectivity index (χ0) is 20.7. The first kappa shape index (κ1) is 27.4. The van der Waals surface area contributed by atoms with Gasteiger partial charge in [-0.2, -0.15) is 0 Å². The summed E-state index contributed by atoms with van der Waals surface area (Å²) in [5.41, 5.74) is 0. The van der Waals surface area contributed by atoms with E-state index < -0.39 is 5.97 Å². The first-order valence-corrected chi connectivity index (χ1v) is 12.5. The average molecular weight is 399 g/mol. The van der Waals surface area contributed by atoms with Crippen molar-refractivity contribution in [3.05, 3.63) is 0 Å². The Morgan fingerprint density at radius 1 is 0.607 bits per heavy atom. The third kappa shape index (κ3) is 20.2. The van der Waals surface area contributed by atoms with E-state index in [2.05, 4.69) is 13.8 Å². The molecule has 0 radical (unpaired) electrons. The fourth-order valence-corrected chi connectivity index (χ4v) is 3.76. The van der Waals surface area contributed by atoms with E-state index in [4.69, 9.17) is 4.74 Å². The second kappa shape index (κ2) is 22.7. The monoisotopic (exact) mass is 398 g/mol. The van der Waals surface area contributed by atoms with Gasteiger partial charge in [0.15, 0.2) is 0 Å². The van der Waals surface area contributed by atoms with E-state index in [-0.39, 0.29) is 5.92 Å². The van der Waals surface area contributed by atoms with Gasteiger partial charge >= 0.3 is 5.97 Å². The van der Waals surface area contributed by atoms with Crippen LogP contribution in [0.4, 0.5) is 0 Å². The predicted molar refractivity (Wildman–Crippen MR) is 121 cm³/mol. The van der Waals surface area contributed by atoms with Crippen LogP contribution in [0.25, 0.3) is 0 Å². The highest BCUT2D eigenvalue weighted by Crippen LogP contribution is 2.17. The van der Waals surface area contributed by atoms with Gasteiger partial charge in [0.1, 0.15) is 0 Å². The molecular formula is C25H50O3. The normalized spacial score (nSPS) is 12.4. The Morgan fingerprint density at radius 2 is 1.04 bits per heavy atom. The molecule has 28 heavy (non-hydrogen) atoms. The maximum absolute atomic E-state index is 11.4. The largest absolute Gasteiger partial charge is 0.481 e. The van der Waals surface area contributed by atoms with Crippen molar-refractivity contribution in [2.24, 2.45) is 5.92 Å². The van der Waals surface area contributed by atoms with Crippen LogP contribution in [0.3, 0.4) is 0 Å². The van der Waals surface area contributed by atoms with Crippen LogP contribution in [0.15, 0.2) is 0 Å². The topological polar surface area (TPSA) is 46.5 Å². The van der Waals surface area contributed by atoms with Gasteiger partial charge in [-0.15, -0.1) is 0 Å². The van der Waals surface area contributed by atoms with E-state index in [1.807, 2.05) is 0 Å². The molecule has 168 valence electrons. The van der Waals surface area contributed by atoms with E-state index in [0.717, 1.165) is 25.9 Å². The van der Waals surface area contributed by atoms with Gasteiger partial charge in [-0.1, -0.05) is 117 Å². The smallest absolute Gasteiger partial charge is 0.306 e. The summed E-state index contributed by atoms with van der Waals surface area (Å²) in [5.74, 6) is -0.865. The van der Waals surface area contributed by atoms with E-state index in [9.17, 15) is 9.90 Å². The first-order chi connectivity index (χ1) is 13.7. The van der Waals surface area contributed by atoms with Gasteiger partial charge < -0.3 is 9.84 Å². The standard InChI is InChI=1S/C25H50O3/c1-3-5-7-8-9-10-11-12-13-14-15-16-17-18-20-24(25(26)27)21-23-28-22-19-6-4-2/h24H,3-23H2,1-2H3,(H,26,27). The molecule has 0 aromatic rings. The van der Waals surface area contributed by atoms with Crippen molar-refractivity contribution in [2.45, 2.75) is 136 Å². The summed E-state index contributed by atoms with van der Waals surface area (Å²) >= 11 is 0. The van der Waals surface area contributed by atoms with Crippen LogP contribution >= 0.6 is 0 Å². The minimum atomic E-state index is -0.646. The van der Waals surface area contributed by atoms with Crippen LogP contribution in [0.1, 0.15) is 136 Å². The second-order valence-corrected chi connectivity index (χ2v) is 8.53. The van der Waals surface area contributed by atoms with Crippen LogP contribution in [-0.2, 0) is 9.53 Å². The SMILES string of the molecule is CCCCCCCCCCCCCCCCC(CCOCCCCC)C(=O)O. The molecule has 1 unspecified atom stereocenters. The number of unbranched alkanes of at least 4 members (excludes halogenated alkanes) is 15. The molecule has 0 aliphatic carbocycles. The summed E-state index contributed by atoms with van der Waals surface area (Å²) in [7, 11) is 0. The van der Waals surface area contributed by atoms with Gasteiger partial charge in [-0.3, -0.25) is 4.79 Å². The van der Waals surface area contributed by atoms with Crippen molar-refractivity contribution in [1.29, 1.82) is 0 Å². The highest BCUT2D eigenvalue weighted by Gasteiger charge is 2.16. The van der Waals surface area contributed by atoms with Crippen molar-refractivity contribution < 1.29 is 14.6 Å². The number of hydrogen-bond acceptors (Lipinski definition) is 2. The van der Waals surface area contributed by atoms with Crippen molar-refractivity contribution in [1.82, 2.24) is 0 Å². The molecule has 0 aromatic carbocycles. The maximum atomic E-state index is 11.4. The summed E-state index contributed by atoms with van der Waals surface area (Å²) in [4.78, 5) is 11.4. The molecule has 0 aromatic heterocycles. The molecular weight excluding hydrogens is 348 g/mol. The first-order valence-electron chi connectivity index (χ1n) is 12.5. The lowest BCUT2D eigenvalue weighted by molar-refractivity contribution is -0.142. The molecule has 3 heteroatoms. The Bertz CT molecular complexity index is 317. The summed E-state index contributed by atoms with van der Waals surface area (Å²) in [6.07, 6.45) is 23.7. The molecule has 1 N–H and O–H groups in total. The van der Waals surface area contributed by atoms with Gasteiger partial charge in [-0.05, 0) is 19.3 Å². The third-order valence-corrected chi connectivity index (χ3v) is 5.76. The van der Waals surface area contributed by atoms with Crippen LogP contribution in [0.5, 0.6) is 0 Å². The van der Waals surface area contributed by atoms with Crippen molar-refractivity contribution in [2.75, 3.05) is 13.2 Å². The Kier molecular flexibility index (Phi) is 22.3. The molecule has 0 heterocycles. The van der Waals surface area contributed by atoms with E-state index >= 15 is 0 Å². The molecule has 0 spiro atoms. The Morgan fingerprint density at radius 3 is 1.50 bits per heavy atom. The van der Waals surface area contributed by atoms with Gasteiger partial charge in [-0.25, -0.2) is 0 Å². The fourth-order valence-electron chi connectivity index (χ4n) is 3.76. The number of carboxylic acid groups (broad SMARTS) is 1. The zero-order valence-electron chi connectivity index (χ0n) is 19.2. The van der Waals surface area contributed by atoms with E-state index in [0.29, 0.717) is 13.0 Å². The van der Waals surface area contributed by atoms with Gasteiger partial charge in [0.2, 0.25) is 0 Å². The Hall–Kier alpha value is -0.570. The molecule has 0 fully saturated rings. The van der Waals surface area contributed by atoms with E-state index in [1.54, 1.807) is 0 Å². The summed E-state index contributed by atoms with van der Waals surface area (Å²) in [6, 6.07) is 0. The maximum Gasteiger partial charge on any atom is 0.306 e. The molecule has 0 bridgehead atoms. The van der Waals surface area contributed by atoms with Gasteiger partial charge in [0.05, 0.1) is 5.92 Å².